The van der Waals surface area contributed by atoms with Gasteiger partial charge in [0, 0.05) is 0 Å². The van der Waals surface area contributed by atoms with E-state index < -0.39 is 26.8 Å². The molecule has 100 valence electrons. The van der Waals surface area contributed by atoms with Crippen LogP contribution in [0.3, 0.4) is 0 Å². The number of carbonyl (C=O) groups is 1. The van der Waals surface area contributed by atoms with Gasteiger partial charge in [0.25, 0.3) is 0 Å². The lowest BCUT2D eigenvalue weighted by molar-refractivity contribution is -0.139. The molecule has 0 saturated carbocycles. The highest BCUT2D eigenvalue weighted by molar-refractivity contribution is 7.90. The molecule has 1 rings (SSSR count). The maximum Gasteiger partial charge on any atom is 0.326 e. The van der Waals surface area contributed by atoms with Gasteiger partial charge in [-0.1, -0.05) is 30.3 Å². The minimum absolute atomic E-state index is 0.401. The molecule has 0 aliphatic rings. The fourth-order valence-corrected chi connectivity index (χ4v) is 2.14. The molecule has 0 saturated heterocycles. The van der Waals surface area contributed by atoms with Gasteiger partial charge >= 0.3 is 5.97 Å². The summed E-state index contributed by atoms with van der Waals surface area (Å²) in [5, 5.41) is 9.13. The van der Waals surface area contributed by atoms with Crippen molar-refractivity contribution in [3.8, 4) is 0 Å². The molecule has 5 nitrogen and oxygen atoms in total. The zero-order valence-electron chi connectivity index (χ0n) is 10.5. The fourth-order valence-electron chi connectivity index (χ4n) is 1.24. The van der Waals surface area contributed by atoms with Crippen molar-refractivity contribution >= 4 is 16.0 Å². The molecule has 6 heteroatoms. The molecule has 0 heterocycles. The Kier molecular flexibility index (Phi) is 4.13. The Balaban J connectivity index is 3.08. The average molecular weight is 271 g/mol. The number of benzene rings is 1. The molecular weight excluding hydrogens is 254 g/mol. The third-order valence-electron chi connectivity index (χ3n) is 2.46. The summed E-state index contributed by atoms with van der Waals surface area (Å²) in [5.41, 5.74) is 0.401. The van der Waals surface area contributed by atoms with E-state index in [0.29, 0.717) is 5.56 Å². The van der Waals surface area contributed by atoms with Crippen molar-refractivity contribution in [2.75, 3.05) is 0 Å². The van der Waals surface area contributed by atoms with Crippen LogP contribution in [0.1, 0.15) is 32.4 Å². The first-order valence-electron chi connectivity index (χ1n) is 5.45. The van der Waals surface area contributed by atoms with Crippen LogP contribution in [0, 0.1) is 0 Å². The van der Waals surface area contributed by atoms with E-state index >= 15 is 0 Å². The van der Waals surface area contributed by atoms with Crippen LogP contribution >= 0.6 is 0 Å². The van der Waals surface area contributed by atoms with E-state index in [4.69, 9.17) is 5.11 Å². The molecule has 1 aromatic rings. The van der Waals surface area contributed by atoms with Crippen LogP contribution in [0.2, 0.25) is 0 Å². The first-order chi connectivity index (χ1) is 8.15. The van der Waals surface area contributed by atoms with Gasteiger partial charge in [-0.3, -0.25) is 4.79 Å². The zero-order chi connectivity index (χ0) is 14.0. The molecule has 0 aromatic heterocycles. The molecule has 0 bridgehead atoms. The van der Waals surface area contributed by atoms with E-state index in [9.17, 15) is 13.2 Å². The van der Waals surface area contributed by atoms with E-state index in [1.54, 1.807) is 30.3 Å². The molecule has 0 radical (unpaired) electrons. The summed E-state index contributed by atoms with van der Waals surface area (Å²) in [7, 11) is -3.72. The molecule has 0 spiro atoms. The number of carboxylic acid groups (broad SMARTS) is 1. The minimum Gasteiger partial charge on any atom is -0.480 e. The van der Waals surface area contributed by atoms with Crippen molar-refractivity contribution in [2.45, 2.75) is 31.6 Å². The van der Waals surface area contributed by atoms with E-state index in [1.165, 1.54) is 20.8 Å². The largest absolute Gasteiger partial charge is 0.480 e. The monoisotopic (exact) mass is 271 g/mol. The summed E-state index contributed by atoms with van der Waals surface area (Å²) >= 11 is 0. The summed E-state index contributed by atoms with van der Waals surface area (Å²) < 4.78 is 25.1. The number of rotatable bonds is 4. The third-order valence-corrected chi connectivity index (χ3v) is 4.62. The number of hydrogen-bond donors (Lipinski definition) is 2. The predicted molar refractivity (Wildman–Crippen MR) is 68.6 cm³/mol. The quantitative estimate of drug-likeness (QED) is 0.870. The van der Waals surface area contributed by atoms with Gasteiger partial charge in [0.2, 0.25) is 10.0 Å². The van der Waals surface area contributed by atoms with Crippen molar-refractivity contribution in [3.05, 3.63) is 35.9 Å². The summed E-state index contributed by atoms with van der Waals surface area (Å²) in [6.45, 7) is 4.54. The molecule has 0 aliphatic carbocycles. The minimum atomic E-state index is -3.72. The number of hydrogen-bond acceptors (Lipinski definition) is 3. The summed E-state index contributed by atoms with van der Waals surface area (Å²) in [5.74, 6) is -1.23. The maximum absolute atomic E-state index is 12.0. The Bertz CT molecular complexity index is 517. The summed E-state index contributed by atoms with van der Waals surface area (Å²) in [4.78, 5) is 11.2. The normalized spacial score (nSPS) is 14.2. The van der Waals surface area contributed by atoms with Crippen LogP contribution in [0.5, 0.6) is 0 Å². The molecular formula is C12H17NO4S. The number of sulfonamides is 1. The van der Waals surface area contributed by atoms with Crippen LogP contribution in [0.15, 0.2) is 30.3 Å². The van der Waals surface area contributed by atoms with Gasteiger partial charge in [0.1, 0.15) is 6.04 Å². The van der Waals surface area contributed by atoms with Crippen LogP contribution in [0.4, 0.5) is 0 Å². The topological polar surface area (TPSA) is 83.5 Å². The van der Waals surface area contributed by atoms with Gasteiger partial charge in [-0.25, -0.2) is 8.42 Å². The Hall–Kier alpha value is -1.40. The zero-order valence-corrected chi connectivity index (χ0v) is 11.4. The molecule has 1 aromatic carbocycles. The van der Waals surface area contributed by atoms with Gasteiger partial charge in [-0.15, -0.1) is 0 Å². The van der Waals surface area contributed by atoms with Crippen molar-refractivity contribution in [2.24, 2.45) is 0 Å². The van der Waals surface area contributed by atoms with Crippen LogP contribution in [0.25, 0.3) is 0 Å². The Morgan fingerprint density at radius 2 is 1.72 bits per heavy atom. The van der Waals surface area contributed by atoms with Crippen molar-refractivity contribution in [1.29, 1.82) is 0 Å². The lowest BCUT2D eigenvalue weighted by atomic mass is 10.1. The summed E-state index contributed by atoms with van der Waals surface area (Å²) in [6, 6.07) is 6.94. The molecule has 1 atom stereocenters. The standard InChI is InChI=1S/C12H17NO4S/c1-12(2,3)18(16,17)13-10(11(14)15)9-7-5-4-6-8-9/h4-8,10,13H,1-3H3,(H,14,15). The Morgan fingerprint density at radius 3 is 2.11 bits per heavy atom. The van der Waals surface area contributed by atoms with Crippen LogP contribution in [-0.2, 0) is 14.8 Å². The smallest absolute Gasteiger partial charge is 0.326 e. The molecule has 0 fully saturated rings. The second-order valence-electron chi connectivity index (χ2n) is 4.92. The second kappa shape index (κ2) is 5.07. The predicted octanol–water partition coefficient (Wildman–Crippen LogP) is 1.53. The highest BCUT2D eigenvalue weighted by Gasteiger charge is 2.34. The van der Waals surface area contributed by atoms with Crippen LogP contribution in [-0.4, -0.2) is 24.2 Å². The van der Waals surface area contributed by atoms with Gasteiger partial charge in [0.15, 0.2) is 0 Å². The molecule has 18 heavy (non-hydrogen) atoms. The highest BCUT2D eigenvalue weighted by atomic mass is 32.2. The average Bonchev–Trinajstić information content (AvgIpc) is 2.25. The maximum atomic E-state index is 12.0. The fraction of sp³-hybridized carbons (Fsp3) is 0.417. The third kappa shape index (κ3) is 3.30. The molecule has 1 unspecified atom stereocenters. The molecule has 0 aliphatic heterocycles. The van der Waals surface area contributed by atoms with Gasteiger partial charge < -0.3 is 5.11 Å². The van der Waals surface area contributed by atoms with E-state index in [1.807, 2.05) is 0 Å². The van der Waals surface area contributed by atoms with Crippen molar-refractivity contribution in [3.63, 3.8) is 0 Å². The van der Waals surface area contributed by atoms with Crippen LogP contribution < -0.4 is 4.72 Å². The van der Waals surface area contributed by atoms with Gasteiger partial charge in [-0.2, -0.15) is 4.72 Å². The molecule has 2 N–H and O–H groups in total. The Labute approximate surface area is 107 Å². The number of nitrogens with one attached hydrogen (secondary N) is 1. The van der Waals surface area contributed by atoms with Crippen molar-refractivity contribution in [1.82, 2.24) is 4.72 Å². The van der Waals surface area contributed by atoms with E-state index in [-0.39, 0.29) is 0 Å². The first-order valence-corrected chi connectivity index (χ1v) is 6.93. The second-order valence-corrected chi connectivity index (χ2v) is 7.38. The molecule has 0 amide bonds. The van der Waals surface area contributed by atoms with Gasteiger partial charge in [0.05, 0.1) is 4.75 Å². The SMILES string of the molecule is CC(C)(C)S(=O)(=O)NC(C(=O)O)c1ccccc1. The Morgan fingerprint density at radius 1 is 1.22 bits per heavy atom. The summed E-state index contributed by atoms with van der Waals surface area (Å²) in [6.07, 6.45) is 0. The number of aliphatic carboxylic acids is 1. The number of carboxylic acids is 1. The lowest BCUT2D eigenvalue weighted by Gasteiger charge is -2.23. The van der Waals surface area contributed by atoms with E-state index in [2.05, 4.69) is 4.72 Å². The van der Waals surface area contributed by atoms with E-state index in [0.717, 1.165) is 0 Å². The first kappa shape index (κ1) is 14.7. The van der Waals surface area contributed by atoms with Crippen molar-refractivity contribution < 1.29 is 18.3 Å². The highest BCUT2D eigenvalue weighted by Crippen LogP contribution is 2.20. The van der Waals surface area contributed by atoms with Gasteiger partial charge in [-0.05, 0) is 26.3 Å². The lowest BCUT2D eigenvalue weighted by Crippen LogP contribution is -2.43.